The monoisotopic (exact) mass is 298 g/mol. The number of anilines is 1. The van der Waals surface area contributed by atoms with Gasteiger partial charge in [-0.2, -0.15) is 5.10 Å². The quantitative estimate of drug-likeness (QED) is 0.591. The van der Waals surface area contributed by atoms with Crippen LogP contribution in [-0.4, -0.2) is 22.8 Å². The van der Waals surface area contributed by atoms with Crippen molar-refractivity contribution in [3.8, 4) is 5.75 Å². The molecule has 2 heterocycles. The van der Waals surface area contributed by atoms with Gasteiger partial charge in [-0.1, -0.05) is 23.5 Å². The summed E-state index contributed by atoms with van der Waals surface area (Å²) in [5, 5.41) is 5.09. The van der Waals surface area contributed by atoms with E-state index in [1.165, 1.54) is 0 Å². The van der Waals surface area contributed by atoms with Gasteiger partial charge in [0.15, 0.2) is 0 Å². The molecule has 0 fully saturated rings. The lowest BCUT2D eigenvalue weighted by molar-refractivity contribution is 0.414. The van der Waals surface area contributed by atoms with Crippen molar-refractivity contribution in [3.05, 3.63) is 48.3 Å². The van der Waals surface area contributed by atoms with Crippen LogP contribution in [0.5, 0.6) is 5.75 Å². The van der Waals surface area contributed by atoms with Gasteiger partial charge in [-0.25, -0.2) is 4.98 Å². The third-order valence-corrected chi connectivity index (χ3v) is 3.89. The molecule has 106 valence electrons. The van der Waals surface area contributed by atoms with Crippen LogP contribution in [0.3, 0.4) is 0 Å². The fourth-order valence-electron chi connectivity index (χ4n) is 1.84. The summed E-state index contributed by atoms with van der Waals surface area (Å²) in [6, 6.07) is 11.6. The summed E-state index contributed by atoms with van der Waals surface area (Å²) in [6.07, 6.45) is 1.70. The molecule has 0 bridgehead atoms. The number of nitrogens with zero attached hydrogens (tertiary/aromatic N) is 3. The number of fused-ring (bicyclic) bond motifs is 1. The molecule has 3 aromatic rings. The van der Waals surface area contributed by atoms with Gasteiger partial charge in [-0.05, 0) is 25.1 Å². The molecule has 0 amide bonds. The summed E-state index contributed by atoms with van der Waals surface area (Å²) >= 11 is 1.57. The average Bonchev–Trinajstić information content (AvgIpc) is 2.95. The smallest absolute Gasteiger partial charge is 0.204 e. The lowest BCUT2D eigenvalue weighted by Gasteiger charge is -2.03. The predicted octanol–water partition coefficient (Wildman–Crippen LogP) is 3.54. The molecule has 21 heavy (non-hydrogen) atoms. The van der Waals surface area contributed by atoms with E-state index in [0.717, 1.165) is 32.5 Å². The Morgan fingerprint density at radius 2 is 2.14 bits per heavy atom. The lowest BCUT2D eigenvalue weighted by atomic mass is 10.2. The van der Waals surface area contributed by atoms with Crippen molar-refractivity contribution in [2.75, 3.05) is 12.5 Å². The maximum atomic E-state index is 5.18. The number of nitrogens with one attached hydrogen (secondary N) is 1. The molecule has 0 aliphatic carbocycles. The molecular formula is C15H14N4OS. The number of aromatic nitrogens is 2. The number of hydrazone groups is 1. The van der Waals surface area contributed by atoms with Crippen LogP contribution in [0.25, 0.3) is 10.2 Å². The van der Waals surface area contributed by atoms with E-state index in [9.17, 15) is 0 Å². The maximum absolute atomic E-state index is 5.18. The molecule has 0 saturated heterocycles. The number of thiazole rings is 1. The number of pyridine rings is 1. The van der Waals surface area contributed by atoms with Gasteiger partial charge in [0, 0.05) is 12.3 Å². The van der Waals surface area contributed by atoms with Crippen molar-refractivity contribution < 1.29 is 4.74 Å². The lowest BCUT2D eigenvalue weighted by Crippen LogP contribution is -2.02. The molecule has 2 aromatic heterocycles. The summed E-state index contributed by atoms with van der Waals surface area (Å²) in [6.45, 7) is 1.89. The van der Waals surface area contributed by atoms with Crippen LogP contribution < -0.4 is 10.2 Å². The molecule has 3 rings (SSSR count). The molecule has 0 atom stereocenters. The third-order valence-electron chi connectivity index (χ3n) is 2.95. The van der Waals surface area contributed by atoms with E-state index < -0.39 is 0 Å². The number of rotatable bonds is 4. The summed E-state index contributed by atoms with van der Waals surface area (Å²) in [7, 11) is 1.63. The van der Waals surface area contributed by atoms with Gasteiger partial charge >= 0.3 is 0 Å². The molecular weight excluding hydrogens is 284 g/mol. The Morgan fingerprint density at radius 1 is 1.29 bits per heavy atom. The Kier molecular flexibility index (Phi) is 3.79. The molecule has 0 aliphatic heterocycles. The van der Waals surface area contributed by atoms with Gasteiger partial charge in [0.2, 0.25) is 5.13 Å². The summed E-state index contributed by atoms with van der Waals surface area (Å²) in [5.74, 6) is 0.759. The van der Waals surface area contributed by atoms with Gasteiger partial charge in [0.1, 0.15) is 5.75 Å². The van der Waals surface area contributed by atoms with Crippen LogP contribution >= 0.6 is 11.3 Å². The van der Waals surface area contributed by atoms with Crippen LogP contribution in [0, 0.1) is 0 Å². The molecule has 1 N–H and O–H groups in total. The highest BCUT2D eigenvalue weighted by atomic mass is 32.1. The topological polar surface area (TPSA) is 59.4 Å². The van der Waals surface area contributed by atoms with Crippen LogP contribution in [-0.2, 0) is 0 Å². The third kappa shape index (κ3) is 3.00. The number of para-hydroxylation sites is 1. The number of methoxy groups -OCH3 is 1. The normalized spacial score (nSPS) is 11.6. The van der Waals surface area contributed by atoms with Crippen LogP contribution in [0.2, 0.25) is 0 Å². The Bertz CT molecular complexity index is 764. The zero-order valence-electron chi connectivity index (χ0n) is 11.7. The Balaban J connectivity index is 1.80. The minimum absolute atomic E-state index is 0.759. The van der Waals surface area contributed by atoms with E-state index in [-0.39, 0.29) is 0 Å². The van der Waals surface area contributed by atoms with E-state index in [1.807, 2.05) is 37.3 Å². The number of ether oxygens (including phenoxy) is 1. The van der Waals surface area contributed by atoms with E-state index in [0.29, 0.717) is 0 Å². The van der Waals surface area contributed by atoms with Crippen LogP contribution in [0.15, 0.2) is 47.7 Å². The largest absolute Gasteiger partial charge is 0.497 e. The number of hydrogen-bond donors (Lipinski definition) is 1. The van der Waals surface area contributed by atoms with E-state index in [2.05, 4.69) is 20.5 Å². The zero-order chi connectivity index (χ0) is 14.7. The van der Waals surface area contributed by atoms with Crippen LogP contribution in [0.1, 0.15) is 12.6 Å². The van der Waals surface area contributed by atoms with E-state index in [1.54, 1.807) is 30.7 Å². The van der Waals surface area contributed by atoms with Crippen LogP contribution in [0.4, 0.5) is 5.13 Å². The number of hydrogen-bond acceptors (Lipinski definition) is 6. The second kappa shape index (κ2) is 5.88. The van der Waals surface area contributed by atoms with Gasteiger partial charge in [-0.3, -0.25) is 10.4 Å². The van der Waals surface area contributed by atoms with Gasteiger partial charge in [0.05, 0.1) is 28.7 Å². The average molecular weight is 298 g/mol. The molecule has 0 spiro atoms. The zero-order valence-corrected chi connectivity index (χ0v) is 12.5. The second-order valence-electron chi connectivity index (χ2n) is 4.38. The fourth-order valence-corrected chi connectivity index (χ4v) is 2.65. The maximum Gasteiger partial charge on any atom is 0.204 e. The Labute approximate surface area is 126 Å². The van der Waals surface area contributed by atoms with E-state index in [4.69, 9.17) is 4.74 Å². The van der Waals surface area contributed by atoms with Crippen molar-refractivity contribution in [1.29, 1.82) is 0 Å². The van der Waals surface area contributed by atoms with Crippen molar-refractivity contribution >= 4 is 32.4 Å². The highest BCUT2D eigenvalue weighted by molar-refractivity contribution is 7.22. The second-order valence-corrected chi connectivity index (χ2v) is 5.41. The van der Waals surface area contributed by atoms with E-state index >= 15 is 0 Å². The Hall–Kier alpha value is -2.47. The molecule has 0 unspecified atom stereocenters. The summed E-state index contributed by atoms with van der Waals surface area (Å²) in [5.41, 5.74) is 5.49. The SMILES string of the molecule is COc1ccnc(/C(C)=N/Nc2nc3ccccc3s2)c1. The Morgan fingerprint density at radius 3 is 2.95 bits per heavy atom. The summed E-state index contributed by atoms with van der Waals surface area (Å²) in [4.78, 5) is 8.74. The highest BCUT2D eigenvalue weighted by Crippen LogP contribution is 2.25. The number of benzene rings is 1. The first-order chi connectivity index (χ1) is 10.3. The first-order valence-corrected chi connectivity index (χ1v) is 7.24. The first-order valence-electron chi connectivity index (χ1n) is 6.42. The van der Waals surface area contributed by atoms with Gasteiger partial charge in [0.25, 0.3) is 0 Å². The van der Waals surface area contributed by atoms with Gasteiger partial charge in [-0.15, -0.1) is 0 Å². The molecule has 1 aromatic carbocycles. The van der Waals surface area contributed by atoms with Crippen molar-refractivity contribution in [2.45, 2.75) is 6.92 Å². The van der Waals surface area contributed by atoms with Crippen molar-refractivity contribution in [2.24, 2.45) is 5.10 Å². The van der Waals surface area contributed by atoms with Crippen molar-refractivity contribution in [3.63, 3.8) is 0 Å². The fraction of sp³-hybridized carbons (Fsp3) is 0.133. The molecule has 5 nitrogen and oxygen atoms in total. The summed E-state index contributed by atoms with van der Waals surface area (Å²) < 4.78 is 6.31. The molecule has 0 aliphatic rings. The standard InChI is InChI=1S/C15H14N4OS/c1-10(13-9-11(20-2)7-8-16-13)18-19-15-17-12-5-3-4-6-14(12)21-15/h3-9H,1-2H3,(H,17,19)/b18-10+. The highest BCUT2D eigenvalue weighted by Gasteiger charge is 2.04. The minimum Gasteiger partial charge on any atom is -0.497 e. The first kappa shape index (κ1) is 13.5. The minimum atomic E-state index is 0.759. The molecule has 0 saturated carbocycles. The van der Waals surface area contributed by atoms with Gasteiger partial charge < -0.3 is 4.74 Å². The van der Waals surface area contributed by atoms with Crippen molar-refractivity contribution in [1.82, 2.24) is 9.97 Å². The molecule has 0 radical (unpaired) electrons. The molecule has 6 heteroatoms. The predicted molar refractivity (Wildman–Crippen MR) is 86.2 cm³/mol.